The Morgan fingerprint density at radius 2 is 1.54 bits per heavy atom. The summed E-state index contributed by atoms with van der Waals surface area (Å²) < 4.78 is 23.2. The Morgan fingerprint density at radius 1 is 0.857 bits per heavy atom. The summed E-state index contributed by atoms with van der Waals surface area (Å²) in [5.74, 6) is 0. The molecule has 28 heavy (non-hydrogen) atoms. The fraction of sp³-hybridized carbons (Fsp3) is 0.0476. The SMILES string of the molecule is Cc1[nH]nc(-c2ccncc2)c1-c1ccc(-c2cccc(S(N)(=O)=O)c2)cc1. The molecule has 7 heteroatoms. The molecule has 0 aliphatic heterocycles. The summed E-state index contributed by atoms with van der Waals surface area (Å²) in [4.78, 5) is 4.16. The molecule has 0 radical (unpaired) electrons. The first-order valence-corrected chi connectivity index (χ1v) is 10.2. The van der Waals surface area contributed by atoms with Gasteiger partial charge in [0.25, 0.3) is 0 Å². The Morgan fingerprint density at radius 3 is 2.21 bits per heavy atom. The normalized spacial score (nSPS) is 11.5. The highest BCUT2D eigenvalue weighted by Crippen LogP contribution is 2.34. The van der Waals surface area contributed by atoms with Gasteiger partial charge in [-0.15, -0.1) is 0 Å². The van der Waals surface area contributed by atoms with Crippen LogP contribution in [0.25, 0.3) is 33.5 Å². The fourth-order valence-electron chi connectivity index (χ4n) is 3.18. The van der Waals surface area contributed by atoms with Crippen molar-refractivity contribution >= 4 is 10.0 Å². The maximum absolute atomic E-state index is 11.6. The lowest BCUT2D eigenvalue weighted by molar-refractivity contribution is 0.598. The van der Waals surface area contributed by atoms with Crippen LogP contribution in [0.3, 0.4) is 0 Å². The van der Waals surface area contributed by atoms with Crippen LogP contribution in [-0.2, 0) is 10.0 Å². The number of H-pyrrole nitrogens is 1. The van der Waals surface area contributed by atoms with Gasteiger partial charge in [-0.05, 0) is 47.9 Å². The Bertz CT molecular complexity index is 1230. The molecule has 3 N–H and O–H groups in total. The molecule has 0 saturated carbocycles. The number of aromatic amines is 1. The standard InChI is InChI=1S/C21H18N4O2S/c1-14-20(21(25-24-14)17-9-11-23-12-10-17)16-7-5-15(6-8-16)18-3-2-4-19(13-18)28(22,26)27/h2-13H,1H3,(H,24,25)(H2,22,26,27). The van der Waals surface area contributed by atoms with Crippen molar-refractivity contribution in [3.63, 3.8) is 0 Å². The second kappa shape index (κ2) is 7.03. The number of nitrogens with two attached hydrogens (primary N) is 1. The third-order valence-corrected chi connectivity index (χ3v) is 5.48. The van der Waals surface area contributed by atoms with Gasteiger partial charge in [0.05, 0.1) is 4.90 Å². The second-order valence-corrected chi connectivity index (χ2v) is 8.02. The number of sulfonamides is 1. The largest absolute Gasteiger partial charge is 0.282 e. The van der Waals surface area contributed by atoms with Gasteiger partial charge in [0.15, 0.2) is 0 Å². The van der Waals surface area contributed by atoms with E-state index in [1.807, 2.05) is 49.4 Å². The van der Waals surface area contributed by atoms with Crippen LogP contribution in [0.1, 0.15) is 5.69 Å². The maximum Gasteiger partial charge on any atom is 0.238 e. The summed E-state index contributed by atoms with van der Waals surface area (Å²) in [6, 6.07) is 18.4. The molecule has 140 valence electrons. The number of nitrogens with one attached hydrogen (secondary N) is 1. The van der Waals surface area contributed by atoms with Gasteiger partial charge in [0.2, 0.25) is 10.0 Å². The molecule has 0 fully saturated rings. The number of rotatable bonds is 4. The molecule has 0 bridgehead atoms. The van der Waals surface area contributed by atoms with E-state index in [2.05, 4.69) is 15.2 Å². The highest BCUT2D eigenvalue weighted by molar-refractivity contribution is 7.89. The average molecular weight is 390 g/mol. The third-order valence-electron chi connectivity index (χ3n) is 4.57. The number of hydrogen-bond donors (Lipinski definition) is 2. The highest BCUT2D eigenvalue weighted by Gasteiger charge is 2.15. The minimum atomic E-state index is -3.74. The predicted octanol–water partition coefficient (Wildman–Crippen LogP) is 3.76. The smallest absolute Gasteiger partial charge is 0.238 e. The monoisotopic (exact) mass is 390 g/mol. The summed E-state index contributed by atoms with van der Waals surface area (Å²) in [5, 5.41) is 12.7. The first kappa shape index (κ1) is 18.1. The topological polar surface area (TPSA) is 102 Å². The Labute approximate surface area is 163 Å². The zero-order valence-electron chi connectivity index (χ0n) is 15.1. The number of aryl methyl sites for hydroxylation is 1. The number of hydrogen-bond acceptors (Lipinski definition) is 4. The van der Waals surface area contributed by atoms with E-state index in [1.165, 1.54) is 6.07 Å². The molecule has 4 rings (SSSR count). The van der Waals surface area contributed by atoms with E-state index >= 15 is 0 Å². The summed E-state index contributed by atoms with van der Waals surface area (Å²) in [7, 11) is -3.74. The molecule has 2 aromatic carbocycles. The van der Waals surface area contributed by atoms with Gasteiger partial charge in [0.1, 0.15) is 5.69 Å². The molecular weight excluding hydrogens is 372 g/mol. The molecule has 6 nitrogen and oxygen atoms in total. The molecule has 0 atom stereocenters. The van der Waals surface area contributed by atoms with Crippen LogP contribution < -0.4 is 5.14 Å². The number of primary sulfonamides is 1. The van der Waals surface area contributed by atoms with Crippen molar-refractivity contribution in [2.24, 2.45) is 5.14 Å². The van der Waals surface area contributed by atoms with Gasteiger partial charge in [-0.3, -0.25) is 10.1 Å². The second-order valence-electron chi connectivity index (χ2n) is 6.46. The van der Waals surface area contributed by atoms with Crippen LogP contribution in [-0.4, -0.2) is 23.6 Å². The quantitative estimate of drug-likeness (QED) is 0.554. The van der Waals surface area contributed by atoms with E-state index < -0.39 is 10.0 Å². The Hall–Kier alpha value is -3.29. The summed E-state index contributed by atoms with van der Waals surface area (Å²) in [6.45, 7) is 1.98. The van der Waals surface area contributed by atoms with Gasteiger partial charge < -0.3 is 0 Å². The van der Waals surface area contributed by atoms with Gasteiger partial charge in [-0.25, -0.2) is 13.6 Å². The van der Waals surface area contributed by atoms with Gasteiger partial charge in [-0.2, -0.15) is 5.10 Å². The maximum atomic E-state index is 11.6. The Balaban J connectivity index is 1.74. The molecular formula is C21H18N4O2S. The zero-order valence-corrected chi connectivity index (χ0v) is 15.9. The van der Waals surface area contributed by atoms with E-state index in [0.29, 0.717) is 0 Å². The molecule has 4 aromatic rings. The summed E-state index contributed by atoms with van der Waals surface area (Å²) in [5.41, 5.74) is 6.55. The predicted molar refractivity (Wildman–Crippen MR) is 109 cm³/mol. The van der Waals surface area contributed by atoms with E-state index in [-0.39, 0.29) is 4.90 Å². The van der Waals surface area contributed by atoms with Crippen LogP contribution in [0.2, 0.25) is 0 Å². The van der Waals surface area contributed by atoms with Crippen molar-refractivity contribution in [2.75, 3.05) is 0 Å². The fourth-order valence-corrected chi connectivity index (χ4v) is 3.74. The summed E-state index contributed by atoms with van der Waals surface area (Å²) in [6.07, 6.45) is 3.48. The lowest BCUT2D eigenvalue weighted by Gasteiger charge is -2.08. The number of aromatic nitrogens is 3. The first-order valence-electron chi connectivity index (χ1n) is 8.62. The van der Waals surface area contributed by atoms with Crippen LogP contribution >= 0.6 is 0 Å². The lowest BCUT2D eigenvalue weighted by Crippen LogP contribution is -2.11. The van der Waals surface area contributed by atoms with Crippen LogP contribution in [0, 0.1) is 6.92 Å². The van der Waals surface area contributed by atoms with Crippen LogP contribution in [0.5, 0.6) is 0 Å². The number of benzene rings is 2. The molecule has 0 aliphatic rings. The molecule has 0 spiro atoms. The minimum absolute atomic E-state index is 0.0970. The number of pyridine rings is 1. The van der Waals surface area contributed by atoms with E-state index in [1.54, 1.807) is 24.5 Å². The van der Waals surface area contributed by atoms with Crippen molar-refractivity contribution in [2.45, 2.75) is 11.8 Å². The van der Waals surface area contributed by atoms with Gasteiger partial charge in [0, 0.05) is 29.2 Å². The molecule has 2 aromatic heterocycles. The lowest BCUT2D eigenvalue weighted by atomic mass is 9.97. The third kappa shape index (κ3) is 3.45. The van der Waals surface area contributed by atoms with E-state index in [4.69, 9.17) is 5.14 Å². The van der Waals surface area contributed by atoms with E-state index in [9.17, 15) is 8.42 Å². The molecule has 0 unspecified atom stereocenters. The first-order chi connectivity index (χ1) is 13.4. The zero-order chi connectivity index (χ0) is 19.7. The van der Waals surface area contributed by atoms with Crippen molar-refractivity contribution in [3.8, 4) is 33.5 Å². The van der Waals surface area contributed by atoms with Crippen molar-refractivity contribution in [1.82, 2.24) is 15.2 Å². The van der Waals surface area contributed by atoms with Crippen LogP contribution in [0.4, 0.5) is 0 Å². The van der Waals surface area contributed by atoms with Crippen LogP contribution in [0.15, 0.2) is 78.0 Å². The van der Waals surface area contributed by atoms with Gasteiger partial charge in [-0.1, -0.05) is 36.4 Å². The molecule has 2 heterocycles. The molecule has 0 aliphatic carbocycles. The van der Waals surface area contributed by atoms with Gasteiger partial charge >= 0.3 is 0 Å². The molecule has 0 saturated heterocycles. The highest BCUT2D eigenvalue weighted by atomic mass is 32.2. The number of nitrogens with zero attached hydrogens (tertiary/aromatic N) is 2. The minimum Gasteiger partial charge on any atom is -0.282 e. The average Bonchev–Trinajstić information content (AvgIpc) is 3.10. The van der Waals surface area contributed by atoms with E-state index in [0.717, 1.165) is 39.2 Å². The van der Waals surface area contributed by atoms with Crippen molar-refractivity contribution in [3.05, 3.63) is 78.8 Å². The van der Waals surface area contributed by atoms with Crippen molar-refractivity contribution < 1.29 is 8.42 Å². The summed E-state index contributed by atoms with van der Waals surface area (Å²) >= 11 is 0. The van der Waals surface area contributed by atoms with Crippen molar-refractivity contribution in [1.29, 1.82) is 0 Å². The molecule has 0 amide bonds. The Kier molecular flexibility index (Phi) is 4.54.